The topological polar surface area (TPSA) is 20.2 Å². The van der Waals surface area contributed by atoms with Gasteiger partial charge in [-0.25, -0.2) is 0 Å². The molecule has 0 spiro atoms. The van der Waals surface area contributed by atoms with Crippen molar-refractivity contribution in [2.45, 2.75) is 32.3 Å². The lowest BCUT2D eigenvalue weighted by molar-refractivity contribution is 0.0171. The maximum absolute atomic E-state index is 10.4. The summed E-state index contributed by atoms with van der Waals surface area (Å²) in [6.45, 7) is 3.81. The summed E-state index contributed by atoms with van der Waals surface area (Å²) in [4.78, 5) is 0. The van der Waals surface area contributed by atoms with E-state index in [0.29, 0.717) is 0 Å². The van der Waals surface area contributed by atoms with Crippen molar-refractivity contribution in [3.63, 3.8) is 0 Å². The van der Waals surface area contributed by atoms with E-state index in [9.17, 15) is 5.11 Å². The van der Waals surface area contributed by atoms with Crippen molar-refractivity contribution >= 4 is 0 Å². The van der Waals surface area contributed by atoms with Crippen molar-refractivity contribution in [1.29, 1.82) is 0 Å². The normalized spacial score (nSPS) is 11.8. The Balaban J connectivity index is 2.13. The van der Waals surface area contributed by atoms with Crippen LogP contribution >= 0.6 is 0 Å². The molecule has 1 heteroatoms. The van der Waals surface area contributed by atoms with Crippen molar-refractivity contribution in [1.82, 2.24) is 0 Å². The highest BCUT2D eigenvalue weighted by Gasteiger charge is 2.26. The quantitative estimate of drug-likeness (QED) is 0.859. The second kappa shape index (κ2) is 6.03. The highest BCUT2D eigenvalue weighted by molar-refractivity contribution is 5.19. The average molecular weight is 254 g/mol. The zero-order valence-corrected chi connectivity index (χ0v) is 11.7. The molecule has 1 nitrogen and oxygen atoms in total. The van der Waals surface area contributed by atoms with E-state index in [1.807, 2.05) is 26.0 Å². The molecule has 0 amide bonds. The fourth-order valence-corrected chi connectivity index (χ4v) is 2.37. The highest BCUT2D eigenvalue weighted by Crippen LogP contribution is 2.25. The molecule has 0 heterocycles. The van der Waals surface area contributed by atoms with E-state index in [4.69, 9.17) is 0 Å². The van der Waals surface area contributed by atoms with Gasteiger partial charge in [0.05, 0.1) is 5.60 Å². The lowest BCUT2D eigenvalue weighted by atomic mass is 9.81. The van der Waals surface area contributed by atoms with Gasteiger partial charge >= 0.3 is 0 Å². The van der Waals surface area contributed by atoms with Gasteiger partial charge in [0.25, 0.3) is 0 Å². The van der Waals surface area contributed by atoms with Crippen molar-refractivity contribution in [2.75, 3.05) is 0 Å². The van der Waals surface area contributed by atoms with Crippen LogP contribution in [0.5, 0.6) is 0 Å². The number of hydrogen-bond donors (Lipinski definition) is 1. The van der Waals surface area contributed by atoms with Crippen molar-refractivity contribution in [3.05, 3.63) is 71.8 Å². The first-order valence-corrected chi connectivity index (χ1v) is 6.86. The first-order chi connectivity index (χ1) is 9.05. The van der Waals surface area contributed by atoms with Crippen LogP contribution < -0.4 is 0 Å². The molecule has 0 aliphatic heterocycles. The zero-order chi connectivity index (χ0) is 13.7. The van der Waals surface area contributed by atoms with Gasteiger partial charge in [0.2, 0.25) is 0 Å². The van der Waals surface area contributed by atoms with Gasteiger partial charge in [-0.2, -0.15) is 0 Å². The molecule has 1 N–H and O–H groups in total. The molecule has 0 aromatic heterocycles. The van der Waals surface area contributed by atoms with Crippen LogP contribution in [-0.4, -0.2) is 10.7 Å². The first kappa shape index (κ1) is 13.8. The standard InChI is InChI=1S/C18H22O/c1-18(2,19)17(13-15-9-5-3-6-10-15)14-16-11-7-4-8-12-16/h3-12,17,19H,13-14H2,1-2H3. The molecular formula is C18H22O. The minimum absolute atomic E-state index is 0.220. The largest absolute Gasteiger partial charge is 0.390 e. The van der Waals surface area contributed by atoms with Crippen LogP contribution in [0.15, 0.2) is 60.7 Å². The van der Waals surface area contributed by atoms with E-state index in [1.54, 1.807) is 0 Å². The number of aliphatic hydroxyl groups is 1. The van der Waals surface area contributed by atoms with E-state index in [0.717, 1.165) is 12.8 Å². The van der Waals surface area contributed by atoms with Gasteiger partial charge in [-0.1, -0.05) is 60.7 Å². The first-order valence-electron chi connectivity index (χ1n) is 6.86. The van der Waals surface area contributed by atoms with E-state index >= 15 is 0 Å². The summed E-state index contributed by atoms with van der Waals surface area (Å²) in [6.07, 6.45) is 1.80. The maximum Gasteiger partial charge on any atom is 0.0626 e. The van der Waals surface area contributed by atoms with E-state index in [1.165, 1.54) is 11.1 Å². The Morgan fingerprint density at radius 1 is 0.789 bits per heavy atom. The van der Waals surface area contributed by atoms with Gasteiger partial charge in [0.1, 0.15) is 0 Å². The highest BCUT2D eigenvalue weighted by atomic mass is 16.3. The van der Waals surface area contributed by atoms with Crippen molar-refractivity contribution in [2.24, 2.45) is 5.92 Å². The van der Waals surface area contributed by atoms with E-state index < -0.39 is 5.60 Å². The summed E-state index contributed by atoms with van der Waals surface area (Å²) < 4.78 is 0. The molecular weight excluding hydrogens is 232 g/mol. The lowest BCUT2D eigenvalue weighted by Crippen LogP contribution is -2.34. The van der Waals surface area contributed by atoms with Crippen LogP contribution in [0.25, 0.3) is 0 Å². The molecule has 2 rings (SSSR count). The predicted molar refractivity (Wildman–Crippen MR) is 80.1 cm³/mol. The molecule has 0 atom stereocenters. The predicted octanol–water partition coefficient (Wildman–Crippen LogP) is 3.86. The van der Waals surface area contributed by atoms with Gasteiger partial charge < -0.3 is 5.11 Å². The fraction of sp³-hybridized carbons (Fsp3) is 0.333. The second-order valence-corrected chi connectivity index (χ2v) is 5.73. The van der Waals surface area contributed by atoms with E-state index in [2.05, 4.69) is 48.5 Å². The molecule has 19 heavy (non-hydrogen) atoms. The van der Waals surface area contributed by atoms with Gasteiger partial charge in [-0.05, 0) is 43.7 Å². The lowest BCUT2D eigenvalue weighted by Gasteiger charge is -2.29. The van der Waals surface area contributed by atoms with Crippen molar-refractivity contribution < 1.29 is 5.11 Å². The molecule has 0 aliphatic carbocycles. The third kappa shape index (κ3) is 4.22. The smallest absolute Gasteiger partial charge is 0.0626 e. The molecule has 0 fully saturated rings. The minimum atomic E-state index is -0.675. The number of benzene rings is 2. The molecule has 2 aromatic rings. The Bertz CT molecular complexity index is 441. The van der Waals surface area contributed by atoms with Crippen LogP contribution in [-0.2, 0) is 12.8 Å². The molecule has 0 aliphatic rings. The Kier molecular flexibility index (Phi) is 4.39. The van der Waals surface area contributed by atoms with Gasteiger partial charge in [0.15, 0.2) is 0 Å². The Morgan fingerprint density at radius 2 is 1.16 bits per heavy atom. The number of hydrogen-bond acceptors (Lipinski definition) is 1. The van der Waals surface area contributed by atoms with Crippen LogP contribution in [0, 0.1) is 5.92 Å². The Morgan fingerprint density at radius 3 is 1.47 bits per heavy atom. The third-order valence-corrected chi connectivity index (χ3v) is 3.65. The minimum Gasteiger partial charge on any atom is -0.390 e. The monoisotopic (exact) mass is 254 g/mol. The van der Waals surface area contributed by atoms with Crippen LogP contribution in [0.2, 0.25) is 0 Å². The molecule has 0 saturated carbocycles. The molecule has 0 unspecified atom stereocenters. The van der Waals surface area contributed by atoms with Crippen LogP contribution in [0.4, 0.5) is 0 Å². The maximum atomic E-state index is 10.4. The molecule has 2 aromatic carbocycles. The Labute approximate surface area is 115 Å². The molecule has 100 valence electrons. The second-order valence-electron chi connectivity index (χ2n) is 5.73. The summed E-state index contributed by atoms with van der Waals surface area (Å²) in [5.41, 5.74) is 1.89. The number of rotatable bonds is 5. The van der Waals surface area contributed by atoms with Crippen molar-refractivity contribution in [3.8, 4) is 0 Å². The molecule has 0 bridgehead atoms. The van der Waals surface area contributed by atoms with E-state index in [-0.39, 0.29) is 5.92 Å². The zero-order valence-electron chi connectivity index (χ0n) is 11.7. The summed E-state index contributed by atoms with van der Waals surface area (Å²) in [6, 6.07) is 20.8. The van der Waals surface area contributed by atoms with Gasteiger partial charge in [-0.3, -0.25) is 0 Å². The Hall–Kier alpha value is -1.60. The molecule has 0 radical (unpaired) electrons. The van der Waals surface area contributed by atoms with Gasteiger partial charge in [-0.15, -0.1) is 0 Å². The van der Waals surface area contributed by atoms with Gasteiger partial charge in [0, 0.05) is 0 Å². The summed E-state index contributed by atoms with van der Waals surface area (Å²) in [7, 11) is 0. The van der Waals surface area contributed by atoms with Crippen LogP contribution in [0.1, 0.15) is 25.0 Å². The summed E-state index contributed by atoms with van der Waals surface area (Å²) in [5.74, 6) is 0.220. The SMILES string of the molecule is CC(C)(O)C(Cc1ccccc1)Cc1ccccc1. The average Bonchev–Trinajstić information content (AvgIpc) is 2.39. The molecule has 0 saturated heterocycles. The fourth-order valence-electron chi connectivity index (χ4n) is 2.37. The third-order valence-electron chi connectivity index (χ3n) is 3.65. The summed E-state index contributed by atoms with van der Waals surface area (Å²) >= 11 is 0. The summed E-state index contributed by atoms with van der Waals surface area (Å²) in [5, 5.41) is 10.4. The van der Waals surface area contributed by atoms with Crippen LogP contribution in [0.3, 0.4) is 0 Å².